The van der Waals surface area contributed by atoms with Crippen molar-refractivity contribution in [2.75, 3.05) is 6.54 Å². The van der Waals surface area contributed by atoms with Crippen LogP contribution in [0.4, 0.5) is 0 Å². The van der Waals surface area contributed by atoms with E-state index < -0.39 is 10.0 Å². The Hall–Kier alpha value is -1.70. The minimum atomic E-state index is -3.36. The zero-order valence-corrected chi connectivity index (χ0v) is 12.5. The lowest BCUT2D eigenvalue weighted by Gasteiger charge is -2.08. The van der Waals surface area contributed by atoms with E-state index in [0.29, 0.717) is 24.1 Å². The molecule has 0 radical (unpaired) electrons. The summed E-state index contributed by atoms with van der Waals surface area (Å²) in [7, 11) is -3.36. The summed E-state index contributed by atoms with van der Waals surface area (Å²) in [4.78, 5) is 3.93. The molecule has 0 saturated heterocycles. The Kier molecular flexibility index (Phi) is 5.49. The largest absolute Gasteiger partial charge is 0.392 e. The molecule has 1 heterocycles. The van der Waals surface area contributed by atoms with Crippen molar-refractivity contribution in [1.82, 2.24) is 14.3 Å². The van der Waals surface area contributed by atoms with Gasteiger partial charge in [0.05, 0.1) is 18.7 Å². The topological polar surface area (TPSA) is 84.2 Å². The van der Waals surface area contributed by atoms with Gasteiger partial charge < -0.3 is 9.67 Å². The number of sulfonamides is 1. The molecule has 21 heavy (non-hydrogen) atoms. The first kappa shape index (κ1) is 15.7. The van der Waals surface area contributed by atoms with Crippen LogP contribution in [0.1, 0.15) is 17.5 Å². The highest BCUT2D eigenvalue weighted by Gasteiger charge is 2.11. The first-order valence-corrected chi connectivity index (χ1v) is 8.36. The molecule has 2 rings (SSSR count). The van der Waals surface area contributed by atoms with Crippen LogP contribution in [0.3, 0.4) is 0 Å². The Morgan fingerprint density at radius 1 is 1.29 bits per heavy atom. The van der Waals surface area contributed by atoms with E-state index in [2.05, 4.69) is 9.71 Å². The van der Waals surface area contributed by atoms with Crippen LogP contribution in [0.2, 0.25) is 0 Å². The van der Waals surface area contributed by atoms with Gasteiger partial charge in [-0.3, -0.25) is 0 Å². The molecule has 114 valence electrons. The normalized spacial score (nSPS) is 11.7. The van der Waals surface area contributed by atoms with E-state index in [1.807, 2.05) is 10.8 Å². The number of nitrogens with zero attached hydrogens (tertiary/aromatic N) is 2. The van der Waals surface area contributed by atoms with Crippen molar-refractivity contribution >= 4 is 10.0 Å². The van der Waals surface area contributed by atoms with Crippen LogP contribution in [0, 0.1) is 0 Å². The van der Waals surface area contributed by atoms with Crippen LogP contribution in [-0.4, -0.2) is 29.6 Å². The maximum absolute atomic E-state index is 12.0. The van der Waals surface area contributed by atoms with Gasteiger partial charge in [-0.2, -0.15) is 0 Å². The maximum atomic E-state index is 12.0. The van der Waals surface area contributed by atoms with Crippen molar-refractivity contribution in [3.05, 3.63) is 54.1 Å². The second-order valence-electron chi connectivity index (χ2n) is 4.79. The molecular weight excluding hydrogens is 290 g/mol. The maximum Gasteiger partial charge on any atom is 0.215 e. The molecule has 0 aliphatic carbocycles. The number of aryl methyl sites for hydroxylation is 1. The van der Waals surface area contributed by atoms with Gasteiger partial charge in [-0.05, 0) is 17.5 Å². The molecule has 1 aromatic carbocycles. The lowest BCUT2D eigenvalue weighted by atomic mass is 10.1. The summed E-state index contributed by atoms with van der Waals surface area (Å²) in [5.74, 6) is -0.0775. The first-order chi connectivity index (χ1) is 10.1. The summed E-state index contributed by atoms with van der Waals surface area (Å²) in [6, 6.07) is 6.94. The quantitative estimate of drug-likeness (QED) is 0.709. The van der Waals surface area contributed by atoms with Gasteiger partial charge in [-0.1, -0.05) is 24.3 Å². The fraction of sp³-hybridized carbons (Fsp3) is 0.357. The lowest BCUT2D eigenvalue weighted by Crippen LogP contribution is -2.26. The molecule has 0 aliphatic rings. The number of rotatable bonds is 8. The van der Waals surface area contributed by atoms with Crippen LogP contribution < -0.4 is 4.72 Å². The fourth-order valence-electron chi connectivity index (χ4n) is 2.00. The van der Waals surface area contributed by atoms with E-state index in [-0.39, 0.29) is 12.4 Å². The first-order valence-electron chi connectivity index (χ1n) is 6.71. The predicted molar refractivity (Wildman–Crippen MR) is 79.8 cm³/mol. The molecule has 2 N–H and O–H groups in total. The van der Waals surface area contributed by atoms with Crippen molar-refractivity contribution in [1.29, 1.82) is 0 Å². The van der Waals surface area contributed by atoms with E-state index in [9.17, 15) is 8.42 Å². The third-order valence-electron chi connectivity index (χ3n) is 3.00. The number of aliphatic hydroxyl groups is 1. The highest BCUT2D eigenvalue weighted by atomic mass is 32.2. The summed E-state index contributed by atoms with van der Waals surface area (Å²) in [5.41, 5.74) is 1.38. The molecule has 0 saturated carbocycles. The lowest BCUT2D eigenvalue weighted by molar-refractivity contribution is 0.282. The molecular formula is C14H19N3O3S. The SMILES string of the molecule is O=S(=O)(Cc1cccc(CO)c1)NCCCn1ccnc1. The highest BCUT2D eigenvalue weighted by Crippen LogP contribution is 2.08. The van der Waals surface area contributed by atoms with E-state index in [4.69, 9.17) is 5.11 Å². The summed E-state index contributed by atoms with van der Waals surface area (Å²) in [5, 5.41) is 9.05. The van der Waals surface area contributed by atoms with Crippen LogP contribution in [0.15, 0.2) is 43.0 Å². The summed E-state index contributed by atoms with van der Waals surface area (Å²) in [6.45, 7) is 1.02. The summed E-state index contributed by atoms with van der Waals surface area (Å²) in [6.07, 6.45) is 5.94. The van der Waals surface area contributed by atoms with Gasteiger partial charge in [0.2, 0.25) is 10.0 Å². The smallest absolute Gasteiger partial charge is 0.215 e. The van der Waals surface area contributed by atoms with Gasteiger partial charge in [-0.25, -0.2) is 18.1 Å². The van der Waals surface area contributed by atoms with E-state index >= 15 is 0 Å². The predicted octanol–water partition coefficient (Wildman–Crippen LogP) is 0.885. The Morgan fingerprint density at radius 2 is 2.10 bits per heavy atom. The van der Waals surface area contributed by atoms with Gasteiger partial charge in [0, 0.05) is 25.5 Å². The number of hydrogen-bond acceptors (Lipinski definition) is 4. The standard InChI is InChI=1S/C14H19N3O3S/c18-10-13-3-1-4-14(9-13)11-21(19,20)16-5-2-7-17-8-6-15-12-17/h1,3-4,6,8-9,12,16,18H,2,5,7,10-11H2. The zero-order chi connectivity index (χ0) is 15.1. The van der Waals surface area contributed by atoms with Crippen LogP contribution in [0.25, 0.3) is 0 Å². The Morgan fingerprint density at radius 3 is 2.81 bits per heavy atom. The number of nitrogens with one attached hydrogen (secondary N) is 1. The second-order valence-corrected chi connectivity index (χ2v) is 6.59. The average molecular weight is 309 g/mol. The van der Waals surface area contributed by atoms with Crippen molar-refractivity contribution in [2.24, 2.45) is 0 Å². The monoisotopic (exact) mass is 309 g/mol. The third-order valence-corrected chi connectivity index (χ3v) is 4.36. The molecule has 0 unspecified atom stereocenters. The number of imidazole rings is 1. The molecule has 0 fully saturated rings. The van der Waals surface area contributed by atoms with E-state index in [0.717, 1.165) is 6.54 Å². The van der Waals surface area contributed by atoms with Gasteiger partial charge in [0.15, 0.2) is 0 Å². The van der Waals surface area contributed by atoms with Gasteiger partial charge in [0.25, 0.3) is 0 Å². The van der Waals surface area contributed by atoms with Crippen LogP contribution in [0.5, 0.6) is 0 Å². The Labute approximate surface area is 124 Å². The van der Waals surface area contributed by atoms with Crippen LogP contribution >= 0.6 is 0 Å². The van der Waals surface area contributed by atoms with Crippen molar-refractivity contribution < 1.29 is 13.5 Å². The molecule has 2 aromatic rings. The van der Waals surface area contributed by atoms with Crippen LogP contribution in [-0.2, 0) is 28.9 Å². The fourth-order valence-corrected chi connectivity index (χ4v) is 3.17. The van der Waals surface area contributed by atoms with Gasteiger partial charge in [0.1, 0.15) is 0 Å². The molecule has 0 amide bonds. The second kappa shape index (κ2) is 7.35. The number of hydrogen-bond donors (Lipinski definition) is 2. The van der Waals surface area contributed by atoms with Crippen molar-refractivity contribution in [2.45, 2.75) is 25.3 Å². The molecule has 0 bridgehead atoms. The third kappa shape index (κ3) is 5.30. The van der Waals surface area contributed by atoms with Gasteiger partial charge >= 0.3 is 0 Å². The van der Waals surface area contributed by atoms with Crippen molar-refractivity contribution in [3.63, 3.8) is 0 Å². The number of benzene rings is 1. The minimum Gasteiger partial charge on any atom is -0.392 e. The minimum absolute atomic E-state index is 0.0775. The molecule has 0 spiro atoms. The molecule has 7 heteroatoms. The average Bonchev–Trinajstić information content (AvgIpc) is 2.96. The molecule has 0 atom stereocenters. The number of aromatic nitrogens is 2. The summed E-state index contributed by atoms with van der Waals surface area (Å²) >= 11 is 0. The molecule has 1 aromatic heterocycles. The number of aliphatic hydroxyl groups excluding tert-OH is 1. The van der Waals surface area contributed by atoms with Gasteiger partial charge in [-0.15, -0.1) is 0 Å². The van der Waals surface area contributed by atoms with Crippen molar-refractivity contribution in [3.8, 4) is 0 Å². The molecule has 0 aliphatic heterocycles. The summed E-state index contributed by atoms with van der Waals surface area (Å²) < 4.78 is 28.4. The zero-order valence-electron chi connectivity index (χ0n) is 11.6. The Bertz CT molecular complexity index is 654. The Balaban J connectivity index is 1.81. The molecule has 6 nitrogen and oxygen atoms in total. The highest BCUT2D eigenvalue weighted by molar-refractivity contribution is 7.88. The van der Waals surface area contributed by atoms with E-state index in [1.165, 1.54) is 0 Å². The van der Waals surface area contributed by atoms with E-state index in [1.54, 1.807) is 36.8 Å².